The highest BCUT2D eigenvalue weighted by Crippen LogP contribution is 2.22. The molecule has 2 aromatic heterocycles. The molecule has 0 unspecified atom stereocenters. The summed E-state index contributed by atoms with van der Waals surface area (Å²) >= 11 is 1.76. The van der Waals surface area contributed by atoms with Gasteiger partial charge in [0, 0.05) is 30.2 Å². The van der Waals surface area contributed by atoms with Crippen molar-refractivity contribution in [3.63, 3.8) is 0 Å². The molecule has 0 aliphatic carbocycles. The Morgan fingerprint density at radius 2 is 2.24 bits per heavy atom. The van der Waals surface area contributed by atoms with E-state index in [1.165, 1.54) is 10.4 Å². The van der Waals surface area contributed by atoms with Crippen molar-refractivity contribution in [3.05, 3.63) is 45.8 Å². The molecule has 2 heterocycles. The molecule has 17 heavy (non-hydrogen) atoms. The molecule has 3 nitrogen and oxygen atoms in total. The average Bonchev–Trinajstić information content (AvgIpc) is 2.81. The zero-order chi connectivity index (χ0) is 12.3. The maximum Gasteiger partial charge on any atom is 0.133 e. The predicted octanol–water partition coefficient (Wildman–Crippen LogP) is 2.55. The normalized spacial score (nSPS) is 10.5. The number of nitrogens with zero attached hydrogens (tertiary/aromatic N) is 2. The summed E-state index contributed by atoms with van der Waals surface area (Å²) in [5.41, 5.74) is 8.13. The number of aromatic nitrogens is 1. The van der Waals surface area contributed by atoms with E-state index in [0.29, 0.717) is 6.54 Å². The zero-order valence-corrected chi connectivity index (χ0v) is 11.0. The monoisotopic (exact) mass is 247 g/mol. The first-order valence-corrected chi connectivity index (χ1v) is 6.48. The SMILES string of the molecule is Cc1ccnc(N(C)Cc2cccs2)c1CN. The first kappa shape index (κ1) is 12.1. The highest BCUT2D eigenvalue weighted by atomic mass is 32.1. The van der Waals surface area contributed by atoms with Gasteiger partial charge in [-0.1, -0.05) is 6.07 Å². The molecule has 0 atom stereocenters. The minimum atomic E-state index is 0.532. The topological polar surface area (TPSA) is 42.2 Å². The number of thiophene rings is 1. The molecule has 4 heteroatoms. The molecule has 0 saturated heterocycles. The van der Waals surface area contributed by atoms with Crippen molar-refractivity contribution >= 4 is 17.2 Å². The molecule has 0 radical (unpaired) electrons. The van der Waals surface area contributed by atoms with Crippen LogP contribution in [0.2, 0.25) is 0 Å². The first-order valence-electron chi connectivity index (χ1n) is 5.60. The van der Waals surface area contributed by atoms with Crippen molar-refractivity contribution in [2.24, 2.45) is 5.73 Å². The van der Waals surface area contributed by atoms with Crippen LogP contribution in [0.25, 0.3) is 0 Å². The number of rotatable bonds is 4. The molecular weight excluding hydrogens is 230 g/mol. The van der Waals surface area contributed by atoms with Crippen LogP contribution in [0, 0.1) is 6.92 Å². The molecule has 2 rings (SSSR count). The van der Waals surface area contributed by atoms with Crippen LogP contribution in [0.15, 0.2) is 29.8 Å². The summed E-state index contributed by atoms with van der Waals surface area (Å²) in [6, 6.07) is 6.21. The molecule has 0 spiro atoms. The van der Waals surface area contributed by atoms with Gasteiger partial charge in [0.1, 0.15) is 5.82 Å². The maximum atomic E-state index is 5.80. The Kier molecular flexibility index (Phi) is 3.76. The van der Waals surface area contributed by atoms with Gasteiger partial charge in [-0.15, -0.1) is 11.3 Å². The zero-order valence-electron chi connectivity index (χ0n) is 10.2. The van der Waals surface area contributed by atoms with Crippen LogP contribution in [-0.2, 0) is 13.1 Å². The molecule has 0 amide bonds. The highest BCUT2D eigenvalue weighted by Gasteiger charge is 2.10. The summed E-state index contributed by atoms with van der Waals surface area (Å²) < 4.78 is 0. The largest absolute Gasteiger partial charge is 0.354 e. The average molecular weight is 247 g/mol. The fraction of sp³-hybridized carbons (Fsp3) is 0.308. The number of anilines is 1. The minimum absolute atomic E-state index is 0.532. The van der Waals surface area contributed by atoms with Crippen LogP contribution in [-0.4, -0.2) is 12.0 Å². The third kappa shape index (κ3) is 2.65. The Hall–Kier alpha value is -1.39. The van der Waals surface area contributed by atoms with Gasteiger partial charge in [-0.2, -0.15) is 0 Å². The van der Waals surface area contributed by atoms with Gasteiger partial charge in [0.15, 0.2) is 0 Å². The lowest BCUT2D eigenvalue weighted by Crippen LogP contribution is -2.20. The van der Waals surface area contributed by atoms with Gasteiger partial charge >= 0.3 is 0 Å². The van der Waals surface area contributed by atoms with E-state index in [1.807, 2.05) is 12.3 Å². The lowest BCUT2D eigenvalue weighted by molar-refractivity contribution is 0.882. The summed E-state index contributed by atoms with van der Waals surface area (Å²) in [6.45, 7) is 3.48. The first-order chi connectivity index (χ1) is 8.22. The summed E-state index contributed by atoms with van der Waals surface area (Å²) in [5, 5.41) is 2.09. The molecule has 0 aliphatic heterocycles. The molecule has 90 valence electrons. The Morgan fingerprint density at radius 1 is 1.41 bits per heavy atom. The summed E-state index contributed by atoms with van der Waals surface area (Å²) in [5.74, 6) is 0.987. The maximum absolute atomic E-state index is 5.80. The van der Waals surface area contributed by atoms with E-state index < -0.39 is 0 Å². The van der Waals surface area contributed by atoms with Crippen LogP contribution in [0.3, 0.4) is 0 Å². The number of hydrogen-bond donors (Lipinski definition) is 1. The molecule has 0 aromatic carbocycles. The molecule has 2 aromatic rings. The van der Waals surface area contributed by atoms with Crippen LogP contribution in [0.5, 0.6) is 0 Å². The lowest BCUT2D eigenvalue weighted by Gasteiger charge is -2.21. The second-order valence-corrected chi connectivity index (χ2v) is 5.10. The fourth-order valence-corrected chi connectivity index (χ4v) is 2.62. The van der Waals surface area contributed by atoms with E-state index in [4.69, 9.17) is 5.73 Å². The number of pyridine rings is 1. The second-order valence-electron chi connectivity index (χ2n) is 4.07. The Labute approximate surface area is 106 Å². The van der Waals surface area contributed by atoms with Gasteiger partial charge < -0.3 is 10.6 Å². The van der Waals surface area contributed by atoms with Crippen LogP contribution < -0.4 is 10.6 Å². The smallest absolute Gasteiger partial charge is 0.133 e. The van der Waals surface area contributed by atoms with Crippen LogP contribution in [0.1, 0.15) is 16.0 Å². The van der Waals surface area contributed by atoms with Gasteiger partial charge in [-0.05, 0) is 30.0 Å². The molecular formula is C13H17N3S. The van der Waals surface area contributed by atoms with Gasteiger partial charge in [-0.3, -0.25) is 0 Å². The molecule has 2 N–H and O–H groups in total. The summed E-state index contributed by atoms with van der Waals surface area (Å²) in [6.07, 6.45) is 1.84. The quantitative estimate of drug-likeness (QED) is 0.903. The van der Waals surface area contributed by atoms with E-state index in [2.05, 4.69) is 41.4 Å². The summed E-state index contributed by atoms with van der Waals surface area (Å²) in [7, 11) is 2.06. The summed E-state index contributed by atoms with van der Waals surface area (Å²) in [4.78, 5) is 7.93. The third-order valence-corrected chi connectivity index (χ3v) is 3.67. The lowest BCUT2D eigenvalue weighted by atomic mass is 10.1. The van der Waals surface area contributed by atoms with E-state index in [1.54, 1.807) is 11.3 Å². The Bertz CT molecular complexity index is 479. The van der Waals surface area contributed by atoms with Crippen molar-refractivity contribution in [1.29, 1.82) is 0 Å². The van der Waals surface area contributed by atoms with Gasteiger partial charge in [0.05, 0.1) is 6.54 Å². The van der Waals surface area contributed by atoms with Crippen molar-refractivity contribution in [2.45, 2.75) is 20.0 Å². The van der Waals surface area contributed by atoms with E-state index in [-0.39, 0.29) is 0 Å². The van der Waals surface area contributed by atoms with Crippen molar-refractivity contribution < 1.29 is 0 Å². The third-order valence-electron chi connectivity index (χ3n) is 2.81. The van der Waals surface area contributed by atoms with E-state index in [0.717, 1.165) is 17.9 Å². The number of aryl methyl sites for hydroxylation is 1. The molecule has 0 saturated carbocycles. The van der Waals surface area contributed by atoms with Crippen molar-refractivity contribution in [3.8, 4) is 0 Å². The highest BCUT2D eigenvalue weighted by molar-refractivity contribution is 7.09. The minimum Gasteiger partial charge on any atom is -0.354 e. The second kappa shape index (κ2) is 5.29. The van der Waals surface area contributed by atoms with Crippen molar-refractivity contribution in [1.82, 2.24) is 4.98 Å². The van der Waals surface area contributed by atoms with Gasteiger partial charge in [0.2, 0.25) is 0 Å². The molecule has 0 bridgehead atoms. The standard InChI is InChI=1S/C13H17N3S/c1-10-5-6-15-13(12(10)8-14)16(2)9-11-4-3-7-17-11/h3-7H,8-9,14H2,1-2H3. The van der Waals surface area contributed by atoms with E-state index in [9.17, 15) is 0 Å². The molecule has 0 fully saturated rings. The fourth-order valence-electron chi connectivity index (χ4n) is 1.87. The van der Waals surface area contributed by atoms with E-state index >= 15 is 0 Å². The van der Waals surface area contributed by atoms with Crippen LogP contribution >= 0.6 is 11.3 Å². The Balaban J connectivity index is 2.24. The predicted molar refractivity (Wildman–Crippen MR) is 73.3 cm³/mol. The van der Waals surface area contributed by atoms with Crippen LogP contribution in [0.4, 0.5) is 5.82 Å². The Morgan fingerprint density at radius 3 is 2.88 bits per heavy atom. The van der Waals surface area contributed by atoms with Gasteiger partial charge in [-0.25, -0.2) is 4.98 Å². The number of nitrogens with two attached hydrogens (primary N) is 1. The van der Waals surface area contributed by atoms with Gasteiger partial charge in [0.25, 0.3) is 0 Å². The van der Waals surface area contributed by atoms with Crippen molar-refractivity contribution in [2.75, 3.05) is 11.9 Å². The molecule has 0 aliphatic rings. The number of hydrogen-bond acceptors (Lipinski definition) is 4.